The van der Waals surface area contributed by atoms with E-state index in [4.69, 9.17) is 16.3 Å². The average molecular weight is 186 g/mol. The van der Waals surface area contributed by atoms with Gasteiger partial charge in [-0.15, -0.1) is 0 Å². The van der Waals surface area contributed by atoms with Gasteiger partial charge in [0.15, 0.2) is 0 Å². The molecule has 0 saturated heterocycles. The number of hydrogen-bond acceptors (Lipinski definition) is 2. The second kappa shape index (κ2) is 4.33. The Bertz CT molecular complexity index is 263. The van der Waals surface area contributed by atoms with Gasteiger partial charge < -0.3 is 10.1 Å². The Morgan fingerprint density at radius 2 is 2.25 bits per heavy atom. The zero-order valence-corrected chi connectivity index (χ0v) is 7.98. The molecule has 0 aromatic heterocycles. The van der Waals surface area contributed by atoms with Gasteiger partial charge in [-0.3, -0.25) is 0 Å². The first kappa shape index (κ1) is 9.36. The minimum Gasteiger partial charge on any atom is -0.495 e. The summed E-state index contributed by atoms with van der Waals surface area (Å²) in [5.41, 5.74) is 1.17. The summed E-state index contributed by atoms with van der Waals surface area (Å²) in [5, 5.41) is 3.71. The topological polar surface area (TPSA) is 21.3 Å². The Kier molecular flexibility index (Phi) is 3.38. The van der Waals surface area contributed by atoms with Crippen LogP contribution in [0.5, 0.6) is 5.75 Å². The average Bonchev–Trinajstić information content (AvgIpc) is 2.09. The van der Waals surface area contributed by atoms with Crippen molar-refractivity contribution in [2.24, 2.45) is 0 Å². The lowest BCUT2D eigenvalue weighted by Gasteiger charge is -2.05. The largest absolute Gasteiger partial charge is 0.495 e. The lowest BCUT2D eigenvalue weighted by atomic mass is 10.2. The molecule has 1 aromatic rings. The molecular weight excluding hydrogens is 174 g/mol. The third-order valence-electron chi connectivity index (χ3n) is 1.60. The number of rotatable bonds is 3. The molecule has 2 nitrogen and oxygen atoms in total. The maximum Gasteiger partial charge on any atom is 0.137 e. The Hall–Kier alpha value is -0.730. The van der Waals surface area contributed by atoms with Crippen molar-refractivity contribution >= 4 is 11.6 Å². The first-order valence-electron chi connectivity index (χ1n) is 3.75. The van der Waals surface area contributed by atoms with Gasteiger partial charge in [0.05, 0.1) is 12.1 Å². The highest BCUT2D eigenvalue weighted by Crippen LogP contribution is 2.24. The van der Waals surface area contributed by atoms with E-state index in [0.29, 0.717) is 5.02 Å². The van der Waals surface area contributed by atoms with Gasteiger partial charge in [-0.2, -0.15) is 0 Å². The zero-order chi connectivity index (χ0) is 8.97. The summed E-state index contributed by atoms with van der Waals surface area (Å²) < 4.78 is 5.07. The summed E-state index contributed by atoms with van der Waals surface area (Å²) in [7, 11) is 3.52. The third-order valence-corrected chi connectivity index (χ3v) is 1.91. The lowest BCUT2D eigenvalue weighted by Crippen LogP contribution is -2.04. The fourth-order valence-corrected chi connectivity index (χ4v) is 1.21. The number of ether oxygens (including phenoxy) is 1. The summed E-state index contributed by atoms with van der Waals surface area (Å²) in [4.78, 5) is 0. The van der Waals surface area contributed by atoms with Gasteiger partial charge in [-0.05, 0) is 24.7 Å². The van der Waals surface area contributed by atoms with Crippen molar-refractivity contribution in [2.75, 3.05) is 14.2 Å². The van der Waals surface area contributed by atoms with E-state index in [1.165, 1.54) is 5.56 Å². The first-order chi connectivity index (χ1) is 5.77. The highest BCUT2D eigenvalue weighted by Gasteiger charge is 2.00. The molecule has 1 aromatic carbocycles. The molecule has 0 saturated carbocycles. The molecule has 0 fully saturated rings. The van der Waals surface area contributed by atoms with Crippen molar-refractivity contribution in [1.82, 2.24) is 5.32 Å². The molecule has 0 unspecified atom stereocenters. The SMILES string of the molecule is CNCc1ccc(Cl)c(OC)c1. The zero-order valence-electron chi connectivity index (χ0n) is 7.23. The monoisotopic (exact) mass is 185 g/mol. The molecule has 0 atom stereocenters. The third kappa shape index (κ3) is 2.13. The van der Waals surface area contributed by atoms with Gasteiger partial charge in [0, 0.05) is 6.54 Å². The summed E-state index contributed by atoms with van der Waals surface area (Å²) in [6.45, 7) is 0.827. The summed E-state index contributed by atoms with van der Waals surface area (Å²) >= 11 is 5.85. The maximum atomic E-state index is 5.85. The van der Waals surface area contributed by atoms with E-state index in [1.807, 2.05) is 25.2 Å². The van der Waals surface area contributed by atoms with Gasteiger partial charge in [-0.25, -0.2) is 0 Å². The van der Waals surface area contributed by atoms with Crippen LogP contribution in [0.1, 0.15) is 5.56 Å². The van der Waals surface area contributed by atoms with Crippen molar-refractivity contribution in [3.63, 3.8) is 0 Å². The van der Waals surface area contributed by atoms with E-state index in [9.17, 15) is 0 Å². The Morgan fingerprint density at radius 1 is 1.50 bits per heavy atom. The number of hydrogen-bond donors (Lipinski definition) is 1. The van der Waals surface area contributed by atoms with Crippen LogP contribution in [0.2, 0.25) is 5.02 Å². The van der Waals surface area contributed by atoms with Crippen LogP contribution >= 0.6 is 11.6 Å². The second-order valence-corrected chi connectivity index (χ2v) is 2.91. The van der Waals surface area contributed by atoms with Crippen molar-refractivity contribution < 1.29 is 4.74 Å². The first-order valence-corrected chi connectivity index (χ1v) is 4.12. The fourth-order valence-electron chi connectivity index (χ4n) is 1.02. The van der Waals surface area contributed by atoms with E-state index >= 15 is 0 Å². The quantitative estimate of drug-likeness (QED) is 0.779. The van der Waals surface area contributed by atoms with Crippen molar-refractivity contribution in [1.29, 1.82) is 0 Å². The standard InChI is InChI=1S/C9H12ClNO/c1-11-6-7-3-4-8(10)9(5-7)12-2/h3-5,11H,6H2,1-2H3. The lowest BCUT2D eigenvalue weighted by molar-refractivity contribution is 0.414. The second-order valence-electron chi connectivity index (χ2n) is 2.50. The molecule has 0 radical (unpaired) electrons. The molecule has 0 aliphatic rings. The number of nitrogens with one attached hydrogen (secondary N) is 1. The summed E-state index contributed by atoms with van der Waals surface area (Å²) in [6, 6.07) is 5.74. The van der Waals surface area contributed by atoms with Crippen LogP contribution in [-0.4, -0.2) is 14.2 Å². The van der Waals surface area contributed by atoms with Gasteiger partial charge in [0.25, 0.3) is 0 Å². The molecular formula is C9H12ClNO. The smallest absolute Gasteiger partial charge is 0.137 e. The van der Waals surface area contributed by atoms with E-state index in [2.05, 4.69) is 5.32 Å². The molecule has 0 amide bonds. The van der Waals surface area contributed by atoms with Crippen LogP contribution in [0.4, 0.5) is 0 Å². The van der Waals surface area contributed by atoms with Crippen molar-refractivity contribution in [2.45, 2.75) is 6.54 Å². The predicted molar refractivity (Wildman–Crippen MR) is 50.8 cm³/mol. The molecule has 1 N–H and O–H groups in total. The van der Waals surface area contributed by atoms with Gasteiger partial charge >= 0.3 is 0 Å². The normalized spacial score (nSPS) is 9.92. The summed E-state index contributed by atoms with van der Waals surface area (Å²) in [5.74, 6) is 0.726. The maximum absolute atomic E-state index is 5.85. The minimum atomic E-state index is 0.650. The number of benzene rings is 1. The Labute approximate surface area is 77.5 Å². The van der Waals surface area contributed by atoms with Crippen molar-refractivity contribution in [3.8, 4) is 5.75 Å². The molecule has 0 aliphatic heterocycles. The molecule has 12 heavy (non-hydrogen) atoms. The highest BCUT2D eigenvalue weighted by molar-refractivity contribution is 6.32. The molecule has 66 valence electrons. The van der Waals surface area contributed by atoms with E-state index < -0.39 is 0 Å². The van der Waals surface area contributed by atoms with Gasteiger partial charge in [0.1, 0.15) is 5.75 Å². The number of halogens is 1. The highest BCUT2D eigenvalue weighted by atomic mass is 35.5. The van der Waals surface area contributed by atoms with Crippen LogP contribution in [0.25, 0.3) is 0 Å². The van der Waals surface area contributed by atoms with E-state index in [0.717, 1.165) is 12.3 Å². The molecule has 3 heteroatoms. The Balaban J connectivity index is 2.89. The van der Waals surface area contributed by atoms with Crippen LogP contribution < -0.4 is 10.1 Å². The van der Waals surface area contributed by atoms with Crippen LogP contribution in [0.15, 0.2) is 18.2 Å². The predicted octanol–water partition coefficient (Wildman–Crippen LogP) is 2.07. The molecule has 0 heterocycles. The fraction of sp³-hybridized carbons (Fsp3) is 0.333. The van der Waals surface area contributed by atoms with Crippen LogP contribution in [0, 0.1) is 0 Å². The molecule has 0 aliphatic carbocycles. The summed E-state index contributed by atoms with van der Waals surface area (Å²) in [6.07, 6.45) is 0. The van der Waals surface area contributed by atoms with Gasteiger partial charge in [-0.1, -0.05) is 17.7 Å². The van der Waals surface area contributed by atoms with Crippen molar-refractivity contribution in [3.05, 3.63) is 28.8 Å². The molecule has 1 rings (SSSR count). The molecule has 0 bridgehead atoms. The minimum absolute atomic E-state index is 0.650. The van der Waals surface area contributed by atoms with E-state index in [-0.39, 0.29) is 0 Å². The van der Waals surface area contributed by atoms with Gasteiger partial charge in [0.2, 0.25) is 0 Å². The van der Waals surface area contributed by atoms with Crippen LogP contribution in [-0.2, 0) is 6.54 Å². The van der Waals surface area contributed by atoms with E-state index in [1.54, 1.807) is 7.11 Å². The van der Waals surface area contributed by atoms with Crippen LogP contribution in [0.3, 0.4) is 0 Å². The Morgan fingerprint density at radius 3 is 2.83 bits per heavy atom. The number of methoxy groups -OCH3 is 1. The molecule has 0 spiro atoms.